The van der Waals surface area contributed by atoms with Gasteiger partial charge in [-0.15, -0.1) is 0 Å². The molecule has 2 amide bonds. The van der Waals surface area contributed by atoms with E-state index in [2.05, 4.69) is 10.6 Å². The van der Waals surface area contributed by atoms with E-state index >= 15 is 0 Å². The SMILES string of the molecule is CC(C)(C)OC(=O)N[C@@H]1C(=O)N[C@H]1CF. The Morgan fingerprint density at radius 1 is 1.60 bits per heavy atom. The summed E-state index contributed by atoms with van der Waals surface area (Å²) in [4.78, 5) is 22.2. The van der Waals surface area contributed by atoms with E-state index in [0.717, 1.165) is 0 Å². The first kappa shape index (κ1) is 11.7. The summed E-state index contributed by atoms with van der Waals surface area (Å²) in [7, 11) is 0. The summed E-state index contributed by atoms with van der Waals surface area (Å²) in [5.41, 5.74) is -0.629. The number of carbonyl (C=O) groups excluding carboxylic acids is 2. The number of hydrogen-bond acceptors (Lipinski definition) is 3. The Morgan fingerprint density at radius 2 is 2.20 bits per heavy atom. The lowest BCUT2D eigenvalue weighted by Crippen LogP contribution is -2.70. The van der Waals surface area contributed by atoms with Gasteiger partial charge < -0.3 is 15.4 Å². The molecule has 1 aliphatic rings. The first-order chi connectivity index (χ1) is 6.83. The second-order valence-corrected chi connectivity index (χ2v) is 4.39. The van der Waals surface area contributed by atoms with Crippen LogP contribution in [0.2, 0.25) is 0 Å². The smallest absolute Gasteiger partial charge is 0.408 e. The molecule has 0 aliphatic carbocycles. The van der Waals surface area contributed by atoms with Gasteiger partial charge in [0.25, 0.3) is 0 Å². The summed E-state index contributed by atoms with van der Waals surface area (Å²) in [5.74, 6) is -0.386. The quantitative estimate of drug-likeness (QED) is 0.657. The first-order valence-corrected chi connectivity index (χ1v) is 4.69. The fourth-order valence-corrected chi connectivity index (χ4v) is 1.17. The molecule has 0 radical (unpaired) electrons. The van der Waals surface area contributed by atoms with E-state index < -0.39 is 30.5 Å². The molecule has 5 nitrogen and oxygen atoms in total. The Kier molecular flexibility index (Phi) is 3.16. The average molecular weight is 218 g/mol. The number of nitrogens with one attached hydrogen (secondary N) is 2. The summed E-state index contributed by atoms with van der Waals surface area (Å²) in [6.07, 6.45) is -0.708. The molecule has 0 bridgehead atoms. The van der Waals surface area contributed by atoms with Gasteiger partial charge in [-0.3, -0.25) is 4.79 Å². The van der Waals surface area contributed by atoms with Crippen LogP contribution in [0, 0.1) is 0 Å². The van der Waals surface area contributed by atoms with Gasteiger partial charge in [-0.1, -0.05) is 0 Å². The minimum absolute atomic E-state index is 0.386. The second kappa shape index (κ2) is 4.04. The highest BCUT2D eigenvalue weighted by Crippen LogP contribution is 2.10. The summed E-state index contributed by atoms with van der Waals surface area (Å²) in [5, 5.41) is 4.64. The topological polar surface area (TPSA) is 67.4 Å². The van der Waals surface area contributed by atoms with Crippen molar-refractivity contribution in [3.05, 3.63) is 0 Å². The molecule has 1 heterocycles. The molecule has 15 heavy (non-hydrogen) atoms. The fourth-order valence-electron chi connectivity index (χ4n) is 1.17. The molecule has 2 atom stereocenters. The van der Waals surface area contributed by atoms with Crippen LogP contribution in [0.4, 0.5) is 9.18 Å². The van der Waals surface area contributed by atoms with E-state index in [1.807, 2.05) is 0 Å². The molecule has 0 aromatic carbocycles. The third kappa shape index (κ3) is 3.07. The molecule has 0 spiro atoms. The molecule has 0 saturated carbocycles. The van der Waals surface area contributed by atoms with Crippen molar-refractivity contribution < 1.29 is 18.7 Å². The lowest BCUT2D eigenvalue weighted by Gasteiger charge is -2.35. The van der Waals surface area contributed by atoms with E-state index in [1.165, 1.54) is 0 Å². The maximum atomic E-state index is 12.2. The maximum absolute atomic E-state index is 12.2. The maximum Gasteiger partial charge on any atom is 0.408 e. The van der Waals surface area contributed by atoms with E-state index in [-0.39, 0.29) is 5.91 Å². The van der Waals surface area contributed by atoms with Gasteiger partial charge in [0, 0.05) is 0 Å². The Balaban J connectivity index is 2.41. The third-order valence-electron chi connectivity index (χ3n) is 1.85. The number of hydrogen-bond donors (Lipinski definition) is 2. The zero-order valence-electron chi connectivity index (χ0n) is 8.96. The number of ether oxygens (including phenoxy) is 1. The Bertz CT molecular complexity index is 275. The van der Waals surface area contributed by atoms with Crippen LogP contribution < -0.4 is 10.6 Å². The van der Waals surface area contributed by atoms with Gasteiger partial charge in [-0.25, -0.2) is 9.18 Å². The van der Waals surface area contributed by atoms with Crippen LogP contribution in [0.5, 0.6) is 0 Å². The summed E-state index contributed by atoms with van der Waals surface area (Å²) in [6.45, 7) is 4.42. The largest absolute Gasteiger partial charge is 0.444 e. The van der Waals surface area contributed by atoms with Gasteiger partial charge in [0.05, 0.1) is 6.04 Å². The number of amides is 2. The average Bonchev–Trinajstić information content (AvgIpc) is 2.07. The molecule has 86 valence electrons. The van der Waals surface area contributed by atoms with Crippen molar-refractivity contribution in [2.45, 2.75) is 38.5 Å². The molecule has 1 rings (SSSR count). The standard InChI is InChI=1S/C9H15FN2O3/c1-9(2,3)15-8(14)12-6-5(4-10)11-7(6)13/h5-6H,4H2,1-3H3,(H,11,13)(H,12,14)/t5-,6-/m0/s1. The van der Waals surface area contributed by atoms with Crippen LogP contribution in [0.15, 0.2) is 0 Å². The highest BCUT2D eigenvalue weighted by atomic mass is 19.1. The molecule has 6 heteroatoms. The third-order valence-corrected chi connectivity index (χ3v) is 1.85. The zero-order valence-corrected chi connectivity index (χ0v) is 8.96. The predicted octanol–water partition coefficient (Wildman–Crippen LogP) is 0.348. The molecule has 0 aromatic heterocycles. The van der Waals surface area contributed by atoms with Crippen molar-refractivity contribution in [1.82, 2.24) is 10.6 Å². The monoisotopic (exact) mass is 218 g/mol. The molecule has 2 N–H and O–H groups in total. The van der Waals surface area contributed by atoms with E-state index in [0.29, 0.717) is 0 Å². The number of rotatable bonds is 2. The second-order valence-electron chi connectivity index (χ2n) is 4.39. The van der Waals surface area contributed by atoms with Crippen molar-refractivity contribution in [3.8, 4) is 0 Å². The van der Waals surface area contributed by atoms with Gasteiger partial charge in [0.1, 0.15) is 18.3 Å². The molecule has 0 aromatic rings. The van der Waals surface area contributed by atoms with Gasteiger partial charge in [-0.05, 0) is 20.8 Å². The predicted molar refractivity (Wildman–Crippen MR) is 51.1 cm³/mol. The van der Waals surface area contributed by atoms with Crippen LogP contribution in [0.3, 0.4) is 0 Å². The van der Waals surface area contributed by atoms with Gasteiger partial charge in [0.2, 0.25) is 5.91 Å². The minimum Gasteiger partial charge on any atom is -0.444 e. The van der Waals surface area contributed by atoms with Crippen LogP contribution in [0.1, 0.15) is 20.8 Å². The lowest BCUT2D eigenvalue weighted by molar-refractivity contribution is -0.132. The Labute approximate surface area is 87.4 Å². The van der Waals surface area contributed by atoms with E-state index in [4.69, 9.17) is 4.74 Å². The molecule has 1 aliphatic heterocycles. The van der Waals surface area contributed by atoms with Crippen molar-refractivity contribution in [2.24, 2.45) is 0 Å². The molecule has 1 fully saturated rings. The van der Waals surface area contributed by atoms with Crippen molar-refractivity contribution in [2.75, 3.05) is 6.67 Å². The number of alkyl carbamates (subject to hydrolysis) is 1. The van der Waals surface area contributed by atoms with Crippen molar-refractivity contribution in [3.63, 3.8) is 0 Å². The van der Waals surface area contributed by atoms with Crippen LogP contribution >= 0.6 is 0 Å². The van der Waals surface area contributed by atoms with Crippen molar-refractivity contribution in [1.29, 1.82) is 0 Å². The highest BCUT2D eigenvalue weighted by molar-refractivity contribution is 5.92. The van der Waals surface area contributed by atoms with Crippen LogP contribution in [-0.4, -0.2) is 36.4 Å². The summed E-state index contributed by atoms with van der Waals surface area (Å²) >= 11 is 0. The van der Waals surface area contributed by atoms with Crippen molar-refractivity contribution >= 4 is 12.0 Å². The minimum atomic E-state index is -0.815. The van der Waals surface area contributed by atoms with Gasteiger partial charge >= 0.3 is 6.09 Å². The van der Waals surface area contributed by atoms with Crippen LogP contribution in [0.25, 0.3) is 0 Å². The molecule has 0 unspecified atom stereocenters. The fraction of sp³-hybridized carbons (Fsp3) is 0.778. The Hall–Kier alpha value is -1.33. The molecular weight excluding hydrogens is 203 g/mol. The van der Waals surface area contributed by atoms with Gasteiger partial charge in [0.15, 0.2) is 0 Å². The van der Waals surface area contributed by atoms with Gasteiger partial charge in [-0.2, -0.15) is 0 Å². The summed E-state index contributed by atoms with van der Waals surface area (Å²) < 4.78 is 17.2. The lowest BCUT2D eigenvalue weighted by atomic mass is 10.0. The number of β-lactam (4-membered cyclic amide) rings is 1. The Morgan fingerprint density at radius 3 is 2.60 bits per heavy atom. The number of alkyl halides is 1. The highest BCUT2D eigenvalue weighted by Gasteiger charge is 2.41. The molecular formula is C9H15FN2O3. The van der Waals surface area contributed by atoms with E-state index in [1.54, 1.807) is 20.8 Å². The number of halogens is 1. The normalized spacial score (nSPS) is 25.2. The summed E-state index contributed by atoms with van der Waals surface area (Å²) in [6, 6.07) is -1.45. The molecule has 1 saturated heterocycles. The van der Waals surface area contributed by atoms with Crippen LogP contribution in [-0.2, 0) is 9.53 Å². The number of carbonyl (C=O) groups is 2. The zero-order chi connectivity index (χ0) is 11.6. The first-order valence-electron chi connectivity index (χ1n) is 4.69. The van der Waals surface area contributed by atoms with E-state index in [9.17, 15) is 14.0 Å².